The summed E-state index contributed by atoms with van der Waals surface area (Å²) >= 11 is 0. The summed E-state index contributed by atoms with van der Waals surface area (Å²) in [6.45, 7) is 8.24. The number of rotatable bonds is 5. The van der Waals surface area contributed by atoms with E-state index in [-0.39, 0.29) is 0 Å². The maximum atomic E-state index is 11.0. The van der Waals surface area contributed by atoms with Crippen LogP contribution in [0.1, 0.15) is 13.8 Å². The molecule has 0 aliphatic carbocycles. The van der Waals surface area contributed by atoms with E-state index in [2.05, 4.69) is 6.58 Å². The number of nitrogens with zero attached hydrogens (tertiary/aromatic N) is 1. The second-order valence-corrected chi connectivity index (χ2v) is 4.07. The Balaban J connectivity index is 4.05. The molecule has 14 heavy (non-hydrogen) atoms. The van der Waals surface area contributed by atoms with Gasteiger partial charge in [-0.1, -0.05) is 6.58 Å². The van der Waals surface area contributed by atoms with Crippen LogP contribution in [0, 0.1) is 0 Å². The van der Waals surface area contributed by atoms with E-state index < -0.39 is 12.3 Å². The number of aliphatic hydroxyl groups is 1. The first-order valence-corrected chi connectivity index (χ1v) is 4.65. The molecule has 4 nitrogen and oxygen atoms in total. The monoisotopic (exact) mass is 202 g/mol. The lowest BCUT2D eigenvalue weighted by Crippen LogP contribution is -2.46. The third-order valence-corrected chi connectivity index (χ3v) is 2.10. The van der Waals surface area contributed by atoms with E-state index in [4.69, 9.17) is 4.74 Å². The number of quaternary nitrogens is 1. The molecular formula is C10H20NO3+. The molecular weight excluding hydrogens is 182 g/mol. The van der Waals surface area contributed by atoms with E-state index in [9.17, 15) is 9.90 Å². The first-order chi connectivity index (χ1) is 6.28. The first-order valence-electron chi connectivity index (χ1n) is 4.65. The van der Waals surface area contributed by atoms with Crippen molar-refractivity contribution >= 4 is 5.97 Å². The third kappa shape index (κ3) is 4.99. The van der Waals surface area contributed by atoms with Crippen LogP contribution in [0.15, 0.2) is 12.2 Å². The van der Waals surface area contributed by atoms with Crippen molar-refractivity contribution in [3.8, 4) is 0 Å². The predicted molar refractivity (Wildman–Crippen MR) is 54.4 cm³/mol. The second kappa shape index (κ2) is 5.12. The molecule has 0 fully saturated rings. The van der Waals surface area contributed by atoms with Crippen LogP contribution < -0.4 is 0 Å². The number of ether oxygens (including phenoxy) is 1. The van der Waals surface area contributed by atoms with E-state index in [1.54, 1.807) is 6.92 Å². The van der Waals surface area contributed by atoms with Crippen LogP contribution in [0.5, 0.6) is 0 Å². The Labute approximate surface area is 85.4 Å². The van der Waals surface area contributed by atoms with Gasteiger partial charge in [-0.2, -0.15) is 0 Å². The summed E-state index contributed by atoms with van der Waals surface area (Å²) in [6, 6.07) is 0. The summed E-state index contributed by atoms with van der Waals surface area (Å²) in [5.74, 6) is -0.548. The van der Waals surface area contributed by atoms with Crippen molar-refractivity contribution in [2.75, 3.05) is 27.2 Å². The molecule has 0 spiro atoms. The number of aliphatic hydroxyl groups excluding tert-OH is 1. The predicted octanol–water partition coefficient (Wildman–Crippen LogP) is 0.520. The van der Waals surface area contributed by atoms with Gasteiger partial charge in [-0.05, 0) is 13.8 Å². The van der Waals surface area contributed by atoms with E-state index in [1.165, 1.54) is 0 Å². The van der Waals surface area contributed by atoms with Gasteiger partial charge in [0.25, 0.3) is 6.29 Å². The lowest BCUT2D eigenvalue weighted by Gasteiger charge is -2.29. The highest BCUT2D eigenvalue weighted by Gasteiger charge is 2.21. The number of carbonyl (C=O) groups is 1. The normalized spacial score (nSPS) is 13.5. The van der Waals surface area contributed by atoms with Gasteiger partial charge < -0.3 is 14.3 Å². The molecule has 1 atom stereocenters. The number of esters is 1. The summed E-state index contributed by atoms with van der Waals surface area (Å²) in [7, 11) is 3.91. The van der Waals surface area contributed by atoms with Gasteiger partial charge in [0.1, 0.15) is 6.54 Å². The molecule has 0 aromatic rings. The minimum atomic E-state index is -1.06. The molecule has 0 amide bonds. The zero-order valence-corrected chi connectivity index (χ0v) is 9.41. The Morgan fingerprint density at radius 3 is 2.43 bits per heavy atom. The molecule has 82 valence electrons. The highest BCUT2D eigenvalue weighted by molar-refractivity contribution is 5.86. The van der Waals surface area contributed by atoms with Crippen molar-refractivity contribution in [3.63, 3.8) is 0 Å². The fourth-order valence-corrected chi connectivity index (χ4v) is 0.813. The number of hydrogen-bond donors (Lipinski definition) is 1. The van der Waals surface area contributed by atoms with Gasteiger partial charge in [-0.15, -0.1) is 0 Å². The highest BCUT2D eigenvalue weighted by Crippen LogP contribution is 2.02. The molecule has 0 radical (unpaired) electrons. The van der Waals surface area contributed by atoms with Crippen LogP contribution in [-0.2, 0) is 9.53 Å². The van der Waals surface area contributed by atoms with Gasteiger partial charge in [0.05, 0.1) is 20.6 Å². The van der Waals surface area contributed by atoms with E-state index in [0.29, 0.717) is 16.6 Å². The van der Waals surface area contributed by atoms with Gasteiger partial charge in [0.2, 0.25) is 0 Å². The zero-order valence-electron chi connectivity index (χ0n) is 9.41. The van der Waals surface area contributed by atoms with Crippen molar-refractivity contribution in [1.82, 2.24) is 0 Å². The summed E-state index contributed by atoms with van der Waals surface area (Å²) in [4.78, 5) is 11.0. The summed E-state index contributed by atoms with van der Waals surface area (Å²) in [6.07, 6.45) is -1.06. The molecule has 0 aliphatic rings. The van der Waals surface area contributed by atoms with E-state index in [1.807, 2.05) is 21.0 Å². The highest BCUT2D eigenvalue weighted by atomic mass is 16.6. The van der Waals surface area contributed by atoms with Crippen LogP contribution in [-0.4, -0.2) is 49.0 Å². The lowest BCUT2D eigenvalue weighted by atomic mass is 10.3. The summed E-state index contributed by atoms with van der Waals surface area (Å²) in [5.41, 5.74) is 0.297. The maximum Gasteiger partial charge on any atom is 0.335 e. The Morgan fingerprint density at radius 2 is 2.07 bits per heavy atom. The second-order valence-electron chi connectivity index (χ2n) is 4.07. The standard InChI is InChI=1S/C10H20NO3/c1-6-11(4,5)7-9(12)14-10(13)8(2)3/h9,12H,2,6-7H2,1,3-5H3/q+1. The molecule has 4 heteroatoms. The van der Waals surface area contributed by atoms with Crippen LogP contribution in [0.25, 0.3) is 0 Å². The van der Waals surface area contributed by atoms with Crippen molar-refractivity contribution in [3.05, 3.63) is 12.2 Å². The van der Waals surface area contributed by atoms with Gasteiger partial charge in [-0.25, -0.2) is 4.79 Å². The van der Waals surface area contributed by atoms with Crippen LogP contribution in [0.4, 0.5) is 0 Å². The first kappa shape index (κ1) is 13.1. The minimum absolute atomic E-state index is 0.297. The lowest BCUT2D eigenvalue weighted by molar-refractivity contribution is -0.894. The molecule has 0 aliphatic heterocycles. The number of likely N-dealkylation sites (N-methyl/N-ethyl adjacent to an activating group) is 1. The average molecular weight is 202 g/mol. The van der Waals surface area contributed by atoms with Gasteiger partial charge >= 0.3 is 5.97 Å². The molecule has 1 N–H and O–H groups in total. The van der Waals surface area contributed by atoms with Gasteiger partial charge in [-0.3, -0.25) is 0 Å². The molecule has 0 rings (SSSR count). The minimum Gasteiger partial charge on any atom is -0.426 e. The Bertz CT molecular complexity index is 223. The maximum absolute atomic E-state index is 11.0. The quantitative estimate of drug-likeness (QED) is 0.306. The van der Waals surface area contributed by atoms with Crippen LogP contribution in [0.2, 0.25) is 0 Å². The van der Waals surface area contributed by atoms with E-state index >= 15 is 0 Å². The molecule has 0 aromatic carbocycles. The SMILES string of the molecule is C=C(C)C(=O)OC(O)C[N+](C)(C)CC. The smallest absolute Gasteiger partial charge is 0.335 e. The van der Waals surface area contributed by atoms with Gasteiger partial charge in [0.15, 0.2) is 0 Å². The Kier molecular flexibility index (Phi) is 4.80. The molecule has 0 aromatic heterocycles. The fourth-order valence-electron chi connectivity index (χ4n) is 0.813. The molecule has 0 bridgehead atoms. The summed E-state index contributed by atoms with van der Waals surface area (Å²) < 4.78 is 5.35. The van der Waals surface area contributed by atoms with Gasteiger partial charge in [0, 0.05) is 5.57 Å². The van der Waals surface area contributed by atoms with Crippen molar-refractivity contribution in [1.29, 1.82) is 0 Å². The Hall–Kier alpha value is -0.870. The number of hydrogen-bond acceptors (Lipinski definition) is 3. The largest absolute Gasteiger partial charge is 0.426 e. The third-order valence-electron chi connectivity index (χ3n) is 2.10. The molecule has 1 unspecified atom stereocenters. The molecule has 0 heterocycles. The van der Waals surface area contributed by atoms with E-state index in [0.717, 1.165) is 6.54 Å². The topological polar surface area (TPSA) is 46.5 Å². The average Bonchev–Trinajstić information content (AvgIpc) is 2.02. The van der Waals surface area contributed by atoms with Crippen molar-refractivity contribution in [2.45, 2.75) is 20.1 Å². The summed E-state index contributed by atoms with van der Waals surface area (Å²) in [5, 5.41) is 9.44. The molecule has 0 saturated heterocycles. The molecule has 0 saturated carbocycles. The van der Waals surface area contributed by atoms with Crippen LogP contribution in [0.3, 0.4) is 0 Å². The fraction of sp³-hybridized carbons (Fsp3) is 0.700. The van der Waals surface area contributed by atoms with Crippen LogP contribution >= 0.6 is 0 Å². The zero-order chi connectivity index (χ0) is 11.4. The Morgan fingerprint density at radius 1 is 1.57 bits per heavy atom. The number of carbonyl (C=O) groups excluding carboxylic acids is 1. The van der Waals surface area contributed by atoms with Crippen molar-refractivity contribution in [2.24, 2.45) is 0 Å². The van der Waals surface area contributed by atoms with Crippen molar-refractivity contribution < 1.29 is 19.1 Å².